The molecule has 31 heavy (non-hydrogen) atoms. The lowest BCUT2D eigenvalue weighted by molar-refractivity contribution is -0.139. The molecule has 3 amide bonds. The minimum Gasteiger partial charge on any atom is -0.480 e. The maximum Gasteiger partial charge on any atom is 0.323 e. The fourth-order valence-corrected chi connectivity index (χ4v) is 3.60. The number of hydrogen-bond acceptors (Lipinski definition) is 3. The fraction of sp³-hybridized carbons (Fsp3) is 0.200. The van der Waals surface area contributed by atoms with Gasteiger partial charge in [-0.05, 0) is 42.3 Å². The normalized spacial score (nSPS) is 15.5. The molecule has 0 bridgehead atoms. The van der Waals surface area contributed by atoms with E-state index in [2.05, 4.69) is 10.6 Å². The number of benzene rings is 3. The number of carbonyl (C=O) groups is 2. The van der Waals surface area contributed by atoms with E-state index in [0.29, 0.717) is 36.6 Å². The van der Waals surface area contributed by atoms with E-state index in [1.54, 1.807) is 6.07 Å². The molecule has 4 rings (SSSR count). The lowest BCUT2D eigenvalue weighted by Gasteiger charge is -2.23. The second kappa shape index (κ2) is 9.34. The molecular formula is C25H25N3O3. The minimum atomic E-state index is -0.523. The molecule has 1 aliphatic heterocycles. The number of ether oxygens (including phenoxy) is 1. The first-order valence-corrected chi connectivity index (χ1v) is 10.4. The van der Waals surface area contributed by atoms with Gasteiger partial charge < -0.3 is 20.3 Å². The van der Waals surface area contributed by atoms with Crippen LogP contribution in [-0.4, -0.2) is 22.9 Å². The molecule has 0 unspecified atom stereocenters. The zero-order chi connectivity index (χ0) is 21.6. The van der Waals surface area contributed by atoms with E-state index in [1.165, 1.54) is 0 Å². The second-order valence-corrected chi connectivity index (χ2v) is 7.46. The summed E-state index contributed by atoms with van der Waals surface area (Å²) >= 11 is 0. The summed E-state index contributed by atoms with van der Waals surface area (Å²) in [5.41, 5.74) is 3.27. The molecule has 1 heterocycles. The second-order valence-electron chi connectivity index (χ2n) is 7.46. The number of para-hydroxylation sites is 1. The van der Waals surface area contributed by atoms with Crippen LogP contribution in [0.1, 0.15) is 24.5 Å². The van der Waals surface area contributed by atoms with Gasteiger partial charge in [-0.2, -0.15) is 0 Å². The van der Waals surface area contributed by atoms with Gasteiger partial charge in [0.25, 0.3) is 5.91 Å². The Labute approximate surface area is 181 Å². The molecule has 3 aromatic carbocycles. The highest BCUT2D eigenvalue weighted by Gasteiger charge is 2.30. The van der Waals surface area contributed by atoms with Gasteiger partial charge in [-0.15, -0.1) is 0 Å². The van der Waals surface area contributed by atoms with Crippen LogP contribution in [0.4, 0.5) is 16.2 Å². The zero-order valence-electron chi connectivity index (χ0n) is 17.4. The Morgan fingerprint density at radius 2 is 1.65 bits per heavy atom. The van der Waals surface area contributed by atoms with Crippen LogP contribution in [0.5, 0.6) is 5.75 Å². The van der Waals surface area contributed by atoms with Crippen LogP contribution in [0, 0.1) is 0 Å². The number of rotatable bonds is 5. The number of nitrogens with zero attached hydrogens (tertiary/aromatic N) is 1. The number of fused-ring (bicyclic) bond motifs is 1. The van der Waals surface area contributed by atoms with Crippen molar-refractivity contribution in [1.29, 1.82) is 0 Å². The highest BCUT2D eigenvalue weighted by Crippen LogP contribution is 2.30. The standard InChI is InChI=1S/C25H25N3O3/c1-2-22-24(29)28(16-18-9-5-3-6-10-18)17-19-15-21(13-14-23(19)31-22)27-25(30)26-20-11-7-4-8-12-20/h3-15,22H,2,16-17H2,1H3,(H2,26,27,30)/t22-/m0/s1. The summed E-state index contributed by atoms with van der Waals surface area (Å²) in [6.07, 6.45) is 0.0633. The predicted octanol–water partition coefficient (Wildman–Crippen LogP) is 5.03. The number of urea groups is 1. The Balaban J connectivity index is 1.53. The SMILES string of the molecule is CC[C@@H]1Oc2ccc(NC(=O)Nc3ccccc3)cc2CN(Cc2ccccc2)C1=O. The van der Waals surface area contributed by atoms with Gasteiger partial charge in [0.05, 0.1) is 0 Å². The number of anilines is 2. The lowest BCUT2D eigenvalue weighted by atomic mass is 10.1. The van der Waals surface area contributed by atoms with E-state index >= 15 is 0 Å². The number of carbonyl (C=O) groups excluding carboxylic acids is 2. The monoisotopic (exact) mass is 415 g/mol. The first kappa shape index (κ1) is 20.5. The maximum atomic E-state index is 13.0. The van der Waals surface area contributed by atoms with Gasteiger partial charge in [-0.1, -0.05) is 55.5 Å². The van der Waals surface area contributed by atoms with Crippen LogP contribution < -0.4 is 15.4 Å². The molecule has 6 heteroatoms. The van der Waals surface area contributed by atoms with E-state index in [4.69, 9.17) is 4.74 Å². The van der Waals surface area contributed by atoms with E-state index in [9.17, 15) is 9.59 Å². The molecule has 2 N–H and O–H groups in total. The van der Waals surface area contributed by atoms with E-state index in [1.807, 2.05) is 84.6 Å². The number of hydrogen-bond donors (Lipinski definition) is 2. The van der Waals surface area contributed by atoms with Crippen LogP contribution in [-0.2, 0) is 17.9 Å². The highest BCUT2D eigenvalue weighted by atomic mass is 16.5. The van der Waals surface area contributed by atoms with Crippen molar-refractivity contribution in [2.45, 2.75) is 32.5 Å². The Morgan fingerprint density at radius 1 is 0.968 bits per heavy atom. The fourth-order valence-electron chi connectivity index (χ4n) is 3.60. The Hall–Kier alpha value is -3.80. The van der Waals surface area contributed by atoms with Crippen LogP contribution in [0.15, 0.2) is 78.9 Å². The molecule has 0 aromatic heterocycles. The first-order valence-electron chi connectivity index (χ1n) is 10.4. The van der Waals surface area contributed by atoms with Crippen molar-refractivity contribution in [2.24, 2.45) is 0 Å². The van der Waals surface area contributed by atoms with Gasteiger partial charge in [0.15, 0.2) is 6.10 Å². The van der Waals surface area contributed by atoms with Crippen LogP contribution in [0.2, 0.25) is 0 Å². The quantitative estimate of drug-likeness (QED) is 0.614. The lowest BCUT2D eigenvalue weighted by Crippen LogP contribution is -2.38. The molecule has 1 atom stereocenters. The molecule has 3 aromatic rings. The van der Waals surface area contributed by atoms with Crippen LogP contribution in [0.25, 0.3) is 0 Å². The topological polar surface area (TPSA) is 70.7 Å². The van der Waals surface area contributed by atoms with E-state index < -0.39 is 6.10 Å². The van der Waals surface area contributed by atoms with E-state index in [-0.39, 0.29) is 11.9 Å². The van der Waals surface area contributed by atoms with Crippen molar-refractivity contribution in [2.75, 3.05) is 10.6 Å². The maximum absolute atomic E-state index is 13.0. The van der Waals surface area contributed by atoms with Gasteiger partial charge in [0.2, 0.25) is 0 Å². The van der Waals surface area contributed by atoms with Crippen LogP contribution in [0.3, 0.4) is 0 Å². The Morgan fingerprint density at radius 3 is 2.35 bits per heavy atom. The minimum absolute atomic E-state index is 0.0288. The third-order valence-corrected chi connectivity index (χ3v) is 5.15. The summed E-state index contributed by atoms with van der Waals surface area (Å²) in [6, 6.07) is 24.3. The summed E-state index contributed by atoms with van der Waals surface area (Å²) in [6.45, 7) is 2.86. The zero-order valence-corrected chi connectivity index (χ0v) is 17.4. The van der Waals surface area contributed by atoms with Crippen molar-refractivity contribution in [3.63, 3.8) is 0 Å². The highest BCUT2D eigenvalue weighted by molar-refractivity contribution is 5.99. The predicted molar refractivity (Wildman–Crippen MR) is 121 cm³/mol. The molecule has 0 radical (unpaired) electrons. The summed E-state index contributed by atoms with van der Waals surface area (Å²) in [4.78, 5) is 27.2. The molecule has 0 saturated carbocycles. The van der Waals surface area contributed by atoms with Gasteiger partial charge >= 0.3 is 6.03 Å². The average molecular weight is 415 g/mol. The third-order valence-electron chi connectivity index (χ3n) is 5.15. The Kier molecular flexibility index (Phi) is 6.17. The summed E-state index contributed by atoms with van der Waals surface area (Å²) in [7, 11) is 0. The van der Waals surface area contributed by atoms with E-state index in [0.717, 1.165) is 11.1 Å². The summed E-state index contributed by atoms with van der Waals surface area (Å²) in [5, 5.41) is 5.65. The molecule has 0 fully saturated rings. The molecule has 6 nitrogen and oxygen atoms in total. The van der Waals surface area contributed by atoms with Crippen molar-refractivity contribution in [3.05, 3.63) is 90.0 Å². The number of nitrogens with one attached hydrogen (secondary N) is 2. The summed E-state index contributed by atoms with van der Waals surface area (Å²) < 4.78 is 6.02. The van der Waals surface area contributed by atoms with Crippen molar-refractivity contribution in [3.8, 4) is 5.75 Å². The largest absolute Gasteiger partial charge is 0.480 e. The van der Waals surface area contributed by atoms with Gasteiger partial charge in [0.1, 0.15) is 5.75 Å². The first-order chi connectivity index (χ1) is 15.1. The van der Waals surface area contributed by atoms with Gasteiger partial charge in [0, 0.05) is 30.0 Å². The van der Waals surface area contributed by atoms with Crippen molar-refractivity contribution in [1.82, 2.24) is 4.90 Å². The molecule has 0 aliphatic carbocycles. The smallest absolute Gasteiger partial charge is 0.323 e. The Bertz CT molecular complexity index is 1050. The number of amides is 3. The van der Waals surface area contributed by atoms with Crippen molar-refractivity contribution < 1.29 is 14.3 Å². The molecule has 1 aliphatic rings. The molecule has 158 valence electrons. The average Bonchev–Trinajstić information content (AvgIpc) is 2.91. The van der Waals surface area contributed by atoms with Crippen molar-refractivity contribution >= 4 is 23.3 Å². The summed E-state index contributed by atoms with van der Waals surface area (Å²) in [5.74, 6) is 0.642. The van der Waals surface area contributed by atoms with Gasteiger partial charge in [-0.25, -0.2) is 4.79 Å². The molecule has 0 saturated heterocycles. The van der Waals surface area contributed by atoms with Crippen LogP contribution >= 0.6 is 0 Å². The molecular weight excluding hydrogens is 390 g/mol. The van der Waals surface area contributed by atoms with Gasteiger partial charge in [-0.3, -0.25) is 4.79 Å². The molecule has 0 spiro atoms. The third kappa shape index (κ3) is 5.04.